The van der Waals surface area contributed by atoms with E-state index in [-0.39, 0.29) is 0 Å². The summed E-state index contributed by atoms with van der Waals surface area (Å²) in [5, 5.41) is 0. The molecule has 0 aliphatic heterocycles. The molecule has 0 unspecified atom stereocenters. The number of hydrogen-bond acceptors (Lipinski definition) is 1. The average molecular weight is 400 g/mol. The normalized spacial score (nSPS) is 15.3. The van der Waals surface area contributed by atoms with Gasteiger partial charge in [-0.05, 0) is 89.2 Å². The molecule has 0 amide bonds. The van der Waals surface area contributed by atoms with Crippen LogP contribution in [0.25, 0.3) is 11.1 Å². The van der Waals surface area contributed by atoms with Crippen LogP contribution < -0.4 is 4.74 Å². The summed E-state index contributed by atoms with van der Waals surface area (Å²) in [5.74, 6) is 1.68. The third-order valence-electron chi connectivity index (χ3n) is 5.09. The van der Waals surface area contributed by atoms with Crippen LogP contribution in [0.1, 0.15) is 63.4 Å². The number of unbranched alkanes of at least 4 members (excludes halogenated alkanes) is 2. The van der Waals surface area contributed by atoms with Crippen molar-refractivity contribution in [2.45, 2.75) is 57.8 Å². The fourth-order valence-electron chi connectivity index (χ4n) is 3.54. The second kappa shape index (κ2) is 9.43. The highest BCUT2D eigenvalue weighted by Crippen LogP contribution is 2.34. The van der Waals surface area contributed by atoms with Crippen molar-refractivity contribution in [1.82, 2.24) is 0 Å². The zero-order chi connectivity index (χ0) is 17.5. The Labute approximate surface area is 160 Å². The fourth-order valence-corrected chi connectivity index (χ4v) is 4.03. The Morgan fingerprint density at radius 3 is 2.36 bits per heavy atom. The Bertz CT molecular complexity index is 656. The van der Waals surface area contributed by atoms with E-state index in [0.29, 0.717) is 0 Å². The molecule has 0 atom stereocenters. The largest absolute Gasteiger partial charge is 0.492 e. The van der Waals surface area contributed by atoms with Crippen LogP contribution in [-0.2, 0) is 0 Å². The first kappa shape index (κ1) is 18.5. The molecule has 0 heterocycles. The summed E-state index contributed by atoms with van der Waals surface area (Å²) in [7, 11) is 0. The van der Waals surface area contributed by atoms with Gasteiger partial charge in [-0.25, -0.2) is 0 Å². The Morgan fingerprint density at radius 2 is 1.68 bits per heavy atom. The zero-order valence-electron chi connectivity index (χ0n) is 15.1. The molecule has 0 spiro atoms. The molecule has 1 radical (unpaired) electrons. The molecule has 2 aromatic rings. The lowest BCUT2D eigenvalue weighted by Gasteiger charge is -2.22. The van der Waals surface area contributed by atoms with Gasteiger partial charge in [0.05, 0.1) is 11.1 Å². The minimum Gasteiger partial charge on any atom is -0.492 e. The van der Waals surface area contributed by atoms with Crippen molar-refractivity contribution in [3.8, 4) is 16.9 Å². The molecule has 0 N–H and O–H groups in total. The number of rotatable bonds is 7. The van der Waals surface area contributed by atoms with E-state index in [9.17, 15) is 0 Å². The van der Waals surface area contributed by atoms with Gasteiger partial charge in [-0.2, -0.15) is 0 Å². The number of ether oxygens (including phenoxy) is 1. The third kappa shape index (κ3) is 5.10. The molecule has 3 rings (SSSR count). The molecular formula is C23H28BrO. The molecule has 1 nitrogen and oxygen atoms in total. The van der Waals surface area contributed by atoms with Gasteiger partial charge in [0.15, 0.2) is 0 Å². The first-order chi connectivity index (χ1) is 12.3. The molecule has 1 aliphatic rings. The Kier molecular flexibility index (Phi) is 6.98. The summed E-state index contributed by atoms with van der Waals surface area (Å²) >= 11 is 3.66. The molecule has 0 bridgehead atoms. The van der Waals surface area contributed by atoms with Crippen LogP contribution >= 0.6 is 15.9 Å². The van der Waals surface area contributed by atoms with Crippen LogP contribution in [-0.4, -0.2) is 6.61 Å². The average Bonchev–Trinajstić information content (AvgIpc) is 2.67. The summed E-state index contributed by atoms with van der Waals surface area (Å²) in [6.45, 7) is 3.00. The van der Waals surface area contributed by atoms with Crippen molar-refractivity contribution in [3.05, 3.63) is 58.9 Å². The third-order valence-corrected chi connectivity index (χ3v) is 5.71. The first-order valence-corrected chi connectivity index (χ1v) is 10.4. The lowest BCUT2D eigenvalue weighted by Crippen LogP contribution is -2.04. The predicted molar refractivity (Wildman–Crippen MR) is 110 cm³/mol. The molecule has 0 aromatic heterocycles. The van der Waals surface area contributed by atoms with Crippen LogP contribution in [0, 0.1) is 6.42 Å². The van der Waals surface area contributed by atoms with Crippen molar-refractivity contribution >= 4 is 15.9 Å². The molecule has 25 heavy (non-hydrogen) atoms. The SMILES string of the molecule is CCCCCOc1ccc(-c2ccc(C3CC[CH]CC3)cc2)cc1Br. The lowest BCUT2D eigenvalue weighted by molar-refractivity contribution is 0.304. The van der Waals surface area contributed by atoms with Gasteiger partial charge in [0.25, 0.3) is 0 Å². The fraction of sp³-hybridized carbons (Fsp3) is 0.435. The van der Waals surface area contributed by atoms with Crippen LogP contribution in [0.4, 0.5) is 0 Å². The Morgan fingerprint density at radius 1 is 0.960 bits per heavy atom. The summed E-state index contributed by atoms with van der Waals surface area (Å²) in [4.78, 5) is 0. The topological polar surface area (TPSA) is 9.23 Å². The maximum Gasteiger partial charge on any atom is 0.133 e. The maximum atomic E-state index is 5.88. The second-order valence-corrected chi connectivity index (χ2v) is 7.82. The highest BCUT2D eigenvalue weighted by molar-refractivity contribution is 9.10. The zero-order valence-corrected chi connectivity index (χ0v) is 16.7. The van der Waals surface area contributed by atoms with Crippen molar-refractivity contribution in [2.75, 3.05) is 6.61 Å². The number of halogens is 1. The van der Waals surface area contributed by atoms with Gasteiger partial charge in [0, 0.05) is 0 Å². The number of benzene rings is 2. The van der Waals surface area contributed by atoms with Gasteiger partial charge in [0.2, 0.25) is 0 Å². The first-order valence-electron chi connectivity index (χ1n) is 9.62. The van der Waals surface area contributed by atoms with Gasteiger partial charge < -0.3 is 4.74 Å². The van der Waals surface area contributed by atoms with Gasteiger partial charge >= 0.3 is 0 Å². The van der Waals surface area contributed by atoms with Crippen molar-refractivity contribution < 1.29 is 4.74 Å². The lowest BCUT2D eigenvalue weighted by atomic mass is 9.84. The van der Waals surface area contributed by atoms with Crippen molar-refractivity contribution in [1.29, 1.82) is 0 Å². The van der Waals surface area contributed by atoms with Crippen molar-refractivity contribution in [3.63, 3.8) is 0 Å². The minimum atomic E-state index is 0.740. The van der Waals surface area contributed by atoms with Crippen LogP contribution in [0.3, 0.4) is 0 Å². The van der Waals surface area contributed by atoms with E-state index in [1.165, 1.54) is 55.2 Å². The Balaban J connectivity index is 1.66. The predicted octanol–water partition coefficient (Wildman–Crippen LogP) is 7.55. The molecule has 1 fully saturated rings. The molecular weight excluding hydrogens is 372 g/mol. The van der Waals surface area contributed by atoms with E-state index in [4.69, 9.17) is 4.74 Å². The maximum absolute atomic E-state index is 5.88. The van der Waals surface area contributed by atoms with Crippen LogP contribution in [0.2, 0.25) is 0 Å². The Hall–Kier alpha value is -1.28. The standard InChI is InChI=1S/C23H28BrO/c1-2-3-7-16-25-23-15-14-21(17-22(23)24)20-12-10-19(11-13-20)18-8-5-4-6-9-18/h4,10-15,17-18H,2-3,5-9,16H2,1H3. The molecule has 2 heteroatoms. The smallest absolute Gasteiger partial charge is 0.133 e. The molecule has 1 aliphatic carbocycles. The van der Waals surface area contributed by atoms with Crippen LogP contribution in [0.15, 0.2) is 46.9 Å². The summed E-state index contributed by atoms with van der Waals surface area (Å²) in [6, 6.07) is 15.6. The monoisotopic (exact) mass is 399 g/mol. The van der Waals surface area contributed by atoms with Crippen LogP contribution in [0.5, 0.6) is 5.75 Å². The molecule has 2 aromatic carbocycles. The van der Waals surface area contributed by atoms with Gasteiger partial charge in [-0.1, -0.05) is 50.1 Å². The molecule has 133 valence electrons. The summed E-state index contributed by atoms with van der Waals surface area (Å²) < 4.78 is 6.91. The van der Waals surface area contributed by atoms with Gasteiger partial charge in [0.1, 0.15) is 5.75 Å². The van der Waals surface area contributed by atoms with E-state index in [2.05, 4.69) is 71.7 Å². The van der Waals surface area contributed by atoms with E-state index in [1.807, 2.05) is 0 Å². The van der Waals surface area contributed by atoms with E-state index in [0.717, 1.165) is 29.2 Å². The highest BCUT2D eigenvalue weighted by Gasteiger charge is 2.15. The van der Waals surface area contributed by atoms with Gasteiger partial charge in [-0.3, -0.25) is 0 Å². The summed E-state index contributed by atoms with van der Waals surface area (Å²) in [6.07, 6.45) is 11.1. The minimum absolute atomic E-state index is 0.740. The molecule has 1 saturated carbocycles. The van der Waals surface area contributed by atoms with E-state index in [1.54, 1.807) is 0 Å². The van der Waals surface area contributed by atoms with Gasteiger partial charge in [-0.15, -0.1) is 0 Å². The number of hydrogen-bond donors (Lipinski definition) is 0. The molecule has 0 saturated heterocycles. The van der Waals surface area contributed by atoms with E-state index < -0.39 is 0 Å². The quantitative estimate of drug-likeness (QED) is 0.436. The summed E-state index contributed by atoms with van der Waals surface area (Å²) in [5.41, 5.74) is 3.99. The highest BCUT2D eigenvalue weighted by atomic mass is 79.9. The second-order valence-electron chi connectivity index (χ2n) is 6.96. The van der Waals surface area contributed by atoms with Crippen molar-refractivity contribution in [2.24, 2.45) is 0 Å². The van der Waals surface area contributed by atoms with E-state index >= 15 is 0 Å².